The van der Waals surface area contributed by atoms with Crippen LogP contribution in [0.3, 0.4) is 0 Å². The van der Waals surface area contributed by atoms with Gasteiger partial charge in [-0.1, -0.05) is 12.1 Å². The van der Waals surface area contributed by atoms with Crippen LogP contribution in [0.2, 0.25) is 0 Å². The van der Waals surface area contributed by atoms with Crippen molar-refractivity contribution in [2.75, 3.05) is 0 Å². The molecule has 0 bridgehead atoms. The molecule has 0 aliphatic rings. The van der Waals surface area contributed by atoms with Gasteiger partial charge in [0.05, 0.1) is 6.33 Å². The van der Waals surface area contributed by atoms with Gasteiger partial charge < -0.3 is 9.88 Å². The molecule has 0 aliphatic carbocycles. The molecule has 2 aromatic heterocycles. The van der Waals surface area contributed by atoms with E-state index in [1.165, 1.54) is 11.1 Å². The lowest BCUT2D eigenvalue weighted by Gasteiger charge is -2.07. The summed E-state index contributed by atoms with van der Waals surface area (Å²) in [5.74, 6) is 0. The highest BCUT2D eigenvalue weighted by Crippen LogP contribution is 2.09. The van der Waals surface area contributed by atoms with E-state index in [9.17, 15) is 0 Å². The lowest BCUT2D eigenvalue weighted by molar-refractivity contribution is 0.692. The molecule has 0 fully saturated rings. The van der Waals surface area contributed by atoms with Gasteiger partial charge in [0.1, 0.15) is 0 Å². The molecule has 3 rings (SSSR count). The number of hydrogen-bond donors (Lipinski definition) is 1. The first-order chi connectivity index (χ1) is 9.92. The van der Waals surface area contributed by atoms with Crippen LogP contribution in [0.15, 0.2) is 67.5 Å². The van der Waals surface area contributed by atoms with Crippen molar-refractivity contribution < 1.29 is 0 Å². The Morgan fingerprint density at radius 3 is 2.15 bits per heavy atom. The zero-order chi connectivity index (χ0) is 13.6. The highest BCUT2D eigenvalue weighted by atomic mass is 15.0. The standard InChI is InChI=1S/C16H16N4/c1-3-16(20-10-9-18-13-20)4-2-14(1)11-19-12-15-5-7-17-8-6-15/h1-10,13,19H,11-12H2. The molecule has 0 radical (unpaired) electrons. The Hall–Kier alpha value is -2.46. The molecule has 1 aromatic carbocycles. The third kappa shape index (κ3) is 3.10. The number of benzene rings is 1. The van der Waals surface area contributed by atoms with E-state index in [4.69, 9.17) is 0 Å². The zero-order valence-electron chi connectivity index (χ0n) is 11.1. The van der Waals surface area contributed by atoms with Gasteiger partial charge in [0.25, 0.3) is 0 Å². The Kier molecular flexibility index (Phi) is 3.85. The van der Waals surface area contributed by atoms with Crippen LogP contribution in [-0.4, -0.2) is 14.5 Å². The summed E-state index contributed by atoms with van der Waals surface area (Å²) in [4.78, 5) is 8.06. The van der Waals surface area contributed by atoms with Gasteiger partial charge in [-0.05, 0) is 35.4 Å². The largest absolute Gasteiger partial charge is 0.309 e. The molecule has 1 N–H and O–H groups in total. The van der Waals surface area contributed by atoms with Crippen LogP contribution in [0, 0.1) is 0 Å². The second kappa shape index (κ2) is 6.12. The number of nitrogens with zero attached hydrogens (tertiary/aromatic N) is 3. The fourth-order valence-electron chi connectivity index (χ4n) is 2.05. The van der Waals surface area contributed by atoms with Gasteiger partial charge in [-0.2, -0.15) is 0 Å². The number of rotatable bonds is 5. The van der Waals surface area contributed by atoms with Crippen LogP contribution >= 0.6 is 0 Å². The number of hydrogen-bond acceptors (Lipinski definition) is 3. The molecule has 2 heterocycles. The monoisotopic (exact) mass is 264 g/mol. The third-order valence-corrected chi connectivity index (χ3v) is 3.15. The summed E-state index contributed by atoms with van der Waals surface area (Å²) < 4.78 is 1.99. The maximum absolute atomic E-state index is 4.05. The SMILES string of the molecule is c1cc(CNCc2ccc(-n3ccnc3)cc2)ccn1. The van der Waals surface area contributed by atoms with Crippen molar-refractivity contribution in [3.63, 3.8) is 0 Å². The number of aromatic nitrogens is 3. The lowest BCUT2D eigenvalue weighted by Crippen LogP contribution is -2.12. The number of pyridine rings is 1. The van der Waals surface area contributed by atoms with Crippen molar-refractivity contribution in [1.82, 2.24) is 19.9 Å². The van der Waals surface area contributed by atoms with Crippen molar-refractivity contribution in [3.8, 4) is 5.69 Å². The predicted molar refractivity (Wildman–Crippen MR) is 78.3 cm³/mol. The van der Waals surface area contributed by atoms with Crippen LogP contribution in [0.25, 0.3) is 5.69 Å². The van der Waals surface area contributed by atoms with Crippen molar-refractivity contribution >= 4 is 0 Å². The highest BCUT2D eigenvalue weighted by molar-refractivity contribution is 5.34. The van der Waals surface area contributed by atoms with E-state index >= 15 is 0 Å². The van der Waals surface area contributed by atoms with Gasteiger partial charge in [0, 0.05) is 43.6 Å². The van der Waals surface area contributed by atoms with Crippen molar-refractivity contribution in [2.45, 2.75) is 13.1 Å². The quantitative estimate of drug-likeness (QED) is 0.770. The molecule has 0 aliphatic heterocycles. The molecule has 4 heteroatoms. The summed E-state index contributed by atoms with van der Waals surface area (Å²) >= 11 is 0. The van der Waals surface area contributed by atoms with E-state index in [1.54, 1.807) is 12.5 Å². The summed E-state index contributed by atoms with van der Waals surface area (Å²) in [5, 5.41) is 3.43. The zero-order valence-corrected chi connectivity index (χ0v) is 11.1. The van der Waals surface area contributed by atoms with Crippen LogP contribution in [0.4, 0.5) is 0 Å². The van der Waals surface area contributed by atoms with Crippen LogP contribution in [0.1, 0.15) is 11.1 Å². The van der Waals surface area contributed by atoms with E-state index in [0.717, 1.165) is 18.8 Å². The molecule has 0 saturated heterocycles. The Labute approximate surface area is 118 Å². The first-order valence-corrected chi connectivity index (χ1v) is 6.59. The molecule has 3 aromatic rings. The molecular formula is C16H16N4. The Morgan fingerprint density at radius 2 is 1.50 bits per heavy atom. The highest BCUT2D eigenvalue weighted by Gasteiger charge is 1.97. The topological polar surface area (TPSA) is 42.7 Å². The Bertz CT molecular complexity index is 630. The molecule has 0 atom stereocenters. The molecule has 20 heavy (non-hydrogen) atoms. The average Bonchev–Trinajstić information content (AvgIpc) is 3.03. The molecule has 0 amide bonds. The van der Waals surface area contributed by atoms with Gasteiger partial charge in [0.15, 0.2) is 0 Å². The minimum atomic E-state index is 0.853. The van der Waals surface area contributed by atoms with Gasteiger partial charge in [-0.25, -0.2) is 4.98 Å². The maximum Gasteiger partial charge on any atom is 0.0991 e. The second-order valence-corrected chi connectivity index (χ2v) is 4.60. The number of imidazole rings is 1. The maximum atomic E-state index is 4.05. The minimum absolute atomic E-state index is 0.853. The van der Waals surface area contributed by atoms with E-state index in [2.05, 4.69) is 39.6 Å². The third-order valence-electron chi connectivity index (χ3n) is 3.15. The molecule has 100 valence electrons. The average molecular weight is 264 g/mol. The normalized spacial score (nSPS) is 10.6. The first-order valence-electron chi connectivity index (χ1n) is 6.59. The van der Waals surface area contributed by atoms with E-state index < -0.39 is 0 Å². The molecular weight excluding hydrogens is 248 g/mol. The van der Waals surface area contributed by atoms with Gasteiger partial charge in [-0.15, -0.1) is 0 Å². The molecule has 0 unspecified atom stereocenters. The summed E-state index contributed by atoms with van der Waals surface area (Å²) in [6, 6.07) is 12.5. The molecule has 0 saturated carbocycles. The fraction of sp³-hybridized carbons (Fsp3) is 0.125. The Morgan fingerprint density at radius 1 is 0.800 bits per heavy atom. The van der Waals surface area contributed by atoms with Gasteiger partial charge in [-0.3, -0.25) is 4.98 Å². The molecule has 4 nitrogen and oxygen atoms in total. The summed E-state index contributed by atoms with van der Waals surface area (Å²) in [7, 11) is 0. The summed E-state index contributed by atoms with van der Waals surface area (Å²) in [5.41, 5.74) is 3.64. The fourth-order valence-corrected chi connectivity index (χ4v) is 2.05. The van der Waals surface area contributed by atoms with Crippen LogP contribution < -0.4 is 5.32 Å². The van der Waals surface area contributed by atoms with E-state index in [1.807, 2.05) is 35.3 Å². The summed E-state index contributed by atoms with van der Waals surface area (Å²) in [6.07, 6.45) is 9.16. The van der Waals surface area contributed by atoms with Crippen molar-refractivity contribution in [2.24, 2.45) is 0 Å². The second-order valence-electron chi connectivity index (χ2n) is 4.60. The van der Waals surface area contributed by atoms with E-state index in [-0.39, 0.29) is 0 Å². The predicted octanol–water partition coefficient (Wildman–Crippen LogP) is 2.56. The molecule has 0 spiro atoms. The van der Waals surface area contributed by atoms with Gasteiger partial charge >= 0.3 is 0 Å². The van der Waals surface area contributed by atoms with Crippen LogP contribution in [0.5, 0.6) is 0 Å². The Balaban J connectivity index is 1.56. The number of nitrogens with one attached hydrogen (secondary N) is 1. The summed E-state index contributed by atoms with van der Waals surface area (Å²) in [6.45, 7) is 1.71. The van der Waals surface area contributed by atoms with E-state index in [0.29, 0.717) is 0 Å². The lowest BCUT2D eigenvalue weighted by atomic mass is 10.2. The smallest absolute Gasteiger partial charge is 0.0991 e. The van der Waals surface area contributed by atoms with Gasteiger partial charge in [0.2, 0.25) is 0 Å². The van der Waals surface area contributed by atoms with Crippen molar-refractivity contribution in [3.05, 3.63) is 78.6 Å². The minimum Gasteiger partial charge on any atom is -0.309 e. The van der Waals surface area contributed by atoms with Crippen molar-refractivity contribution in [1.29, 1.82) is 0 Å². The first kappa shape index (κ1) is 12.6. The van der Waals surface area contributed by atoms with Crippen LogP contribution in [-0.2, 0) is 13.1 Å².